The van der Waals surface area contributed by atoms with E-state index in [2.05, 4.69) is 5.32 Å². The van der Waals surface area contributed by atoms with Crippen molar-refractivity contribution in [3.05, 3.63) is 58.7 Å². The summed E-state index contributed by atoms with van der Waals surface area (Å²) in [6.45, 7) is 8.32. The SMILES string of the molecule is CCCCOC(=O)c1ccc(OCC(=O)Nc2c(C)cc(C)cc2C)cc1. The zero-order chi connectivity index (χ0) is 19.8. The van der Waals surface area contributed by atoms with Crippen molar-refractivity contribution in [3.63, 3.8) is 0 Å². The zero-order valence-electron chi connectivity index (χ0n) is 16.4. The number of carbonyl (C=O) groups excluding carboxylic acids is 2. The van der Waals surface area contributed by atoms with E-state index >= 15 is 0 Å². The van der Waals surface area contributed by atoms with Gasteiger partial charge in [-0.25, -0.2) is 4.79 Å². The van der Waals surface area contributed by atoms with Crippen molar-refractivity contribution in [3.8, 4) is 5.75 Å². The minimum absolute atomic E-state index is 0.104. The van der Waals surface area contributed by atoms with Crippen molar-refractivity contribution >= 4 is 17.6 Å². The van der Waals surface area contributed by atoms with E-state index in [1.54, 1.807) is 24.3 Å². The van der Waals surface area contributed by atoms with Crippen molar-refractivity contribution < 1.29 is 19.1 Å². The van der Waals surface area contributed by atoms with Crippen LogP contribution in [-0.4, -0.2) is 25.1 Å². The fourth-order valence-electron chi connectivity index (χ4n) is 2.78. The van der Waals surface area contributed by atoms with E-state index in [1.165, 1.54) is 0 Å². The third-order valence-electron chi connectivity index (χ3n) is 4.13. The van der Waals surface area contributed by atoms with Gasteiger partial charge in [0.15, 0.2) is 6.61 Å². The van der Waals surface area contributed by atoms with Crippen LogP contribution >= 0.6 is 0 Å². The van der Waals surface area contributed by atoms with Crippen LogP contribution in [-0.2, 0) is 9.53 Å². The second kappa shape index (κ2) is 9.76. The Morgan fingerprint density at radius 1 is 1.00 bits per heavy atom. The molecule has 0 heterocycles. The van der Waals surface area contributed by atoms with Crippen LogP contribution in [0.4, 0.5) is 5.69 Å². The molecule has 0 atom stereocenters. The number of amides is 1. The lowest BCUT2D eigenvalue weighted by molar-refractivity contribution is -0.118. The van der Waals surface area contributed by atoms with Gasteiger partial charge in [0.05, 0.1) is 12.2 Å². The summed E-state index contributed by atoms with van der Waals surface area (Å²) in [5.74, 6) is -0.0567. The molecule has 2 aromatic rings. The lowest BCUT2D eigenvalue weighted by atomic mass is 10.1. The Labute approximate surface area is 160 Å². The number of benzene rings is 2. The van der Waals surface area contributed by atoms with E-state index in [-0.39, 0.29) is 18.5 Å². The minimum atomic E-state index is -0.349. The molecule has 1 N–H and O–H groups in total. The lowest BCUT2D eigenvalue weighted by Gasteiger charge is -2.13. The number of anilines is 1. The van der Waals surface area contributed by atoms with Crippen LogP contribution in [0.1, 0.15) is 46.8 Å². The van der Waals surface area contributed by atoms with Crippen LogP contribution in [0.25, 0.3) is 0 Å². The molecule has 0 saturated heterocycles. The van der Waals surface area contributed by atoms with Crippen molar-refractivity contribution in [2.45, 2.75) is 40.5 Å². The maximum absolute atomic E-state index is 12.2. The molecule has 2 aromatic carbocycles. The van der Waals surface area contributed by atoms with Crippen LogP contribution in [0.3, 0.4) is 0 Å². The van der Waals surface area contributed by atoms with Gasteiger partial charge in [0.2, 0.25) is 0 Å². The van der Waals surface area contributed by atoms with Gasteiger partial charge in [0.25, 0.3) is 5.91 Å². The number of unbranched alkanes of at least 4 members (excludes halogenated alkanes) is 1. The number of carbonyl (C=O) groups is 2. The molecule has 5 heteroatoms. The Morgan fingerprint density at radius 2 is 1.63 bits per heavy atom. The first-order chi connectivity index (χ1) is 12.9. The van der Waals surface area contributed by atoms with Gasteiger partial charge >= 0.3 is 5.97 Å². The van der Waals surface area contributed by atoms with Crippen LogP contribution in [0, 0.1) is 20.8 Å². The summed E-state index contributed by atoms with van der Waals surface area (Å²) in [5.41, 5.74) is 4.49. The van der Waals surface area contributed by atoms with E-state index in [9.17, 15) is 9.59 Å². The number of ether oxygens (including phenoxy) is 2. The molecule has 0 saturated carbocycles. The van der Waals surface area contributed by atoms with E-state index in [4.69, 9.17) is 9.47 Å². The quantitative estimate of drug-likeness (QED) is 0.546. The highest BCUT2D eigenvalue weighted by atomic mass is 16.5. The number of hydrogen-bond donors (Lipinski definition) is 1. The van der Waals surface area contributed by atoms with Crippen molar-refractivity contribution in [2.24, 2.45) is 0 Å². The van der Waals surface area contributed by atoms with Crippen LogP contribution in [0.15, 0.2) is 36.4 Å². The van der Waals surface area contributed by atoms with E-state index in [1.807, 2.05) is 39.8 Å². The predicted octanol–water partition coefficient (Wildman–Crippen LogP) is 4.59. The summed E-state index contributed by atoms with van der Waals surface area (Å²) in [6.07, 6.45) is 1.83. The fraction of sp³-hybridized carbons (Fsp3) is 0.364. The number of nitrogens with one attached hydrogen (secondary N) is 1. The molecule has 0 bridgehead atoms. The van der Waals surface area contributed by atoms with Gasteiger partial charge in [0.1, 0.15) is 5.75 Å². The Balaban J connectivity index is 1.87. The highest BCUT2D eigenvalue weighted by Gasteiger charge is 2.10. The van der Waals surface area contributed by atoms with Crippen LogP contribution in [0.5, 0.6) is 5.75 Å². The second-order valence-corrected chi connectivity index (χ2v) is 6.62. The molecule has 0 unspecified atom stereocenters. The van der Waals surface area contributed by atoms with Crippen molar-refractivity contribution in [1.82, 2.24) is 0 Å². The summed E-state index contributed by atoms with van der Waals surface area (Å²) in [4.78, 5) is 24.0. The molecule has 144 valence electrons. The lowest BCUT2D eigenvalue weighted by Crippen LogP contribution is -2.21. The molecule has 0 aliphatic rings. The van der Waals surface area contributed by atoms with E-state index < -0.39 is 0 Å². The standard InChI is InChI=1S/C22H27NO4/c1-5-6-11-26-22(25)18-7-9-19(10-8-18)27-14-20(24)23-21-16(3)12-15(2)13-17(21)4/h7-10,12-13H,5-6,11,14H2,1-4H3,(H,23,24). The number of aryl methyl sites for hydroxylation is 3. The van der Waals surface area contributed by atoms with Gasteiger partial charge in [-0.05, 0) is 62.6 Å². The number of rotatable bonds is 8. The summed E-state index contributed by atoms with van der Waals surface area (Å²) in [5, 5.41) is 2.90. The monoisotopic (exact) mass is 369 g/mol. The van der Waals surface area contributed by atoms with Gasteiger partial charge in [-0.1, -0.05) is 31.0 Å². The molecule has 0 aliphatic carbocycles. The summed E-state index contributed by atoms with van der Waals surface area (Å²) < 4.78 is 10.7. The summed E-state index contributed by atoms with van der Waals surface area (Å²) in [6, 6.07) is 10.6. The van der Waals surface area contributed by atoms with Crippen LogP contribution < -0.4 is 10.1 Å². The van der Waals surface area contributed by atoms with Crippen molar-refractivity contribution in [1.29, 1.82) is 0 Å². The molecule has 0 radical (unpaired) electrons. The molecule has 2 rings (SSSR count). The second-order valence-electron chi connectivity index (χ2n) is 6.62. The maximum atomic E-state index is 12.2. The summed E-state index contributed by atoms with van der Waals surface area (Å²) in [7, 11) is 0. The topological polar surface area (TPSA) is 64.6 Å². The molecule has 5 nitrogen and oxygen atoms in total. The molecule has 27 heavy (non-hydrogen) atoms. The first-order valence-corrected chi connectivity index (χ1v) is 9.18. The van der Waals surface area contributed by atoms with Crippen LogP contribution in [0.2, 0.25) is 0 Å². The minimum Gasteiger partial charge on any atom is -0.484 e. The van der Waals surface area contributed by atoms with Gasteiger partial charge in [-0.3, -0.25) is 4.79 Å². The number of hydrogen-bond acceptors (Lipinski definition) is 4. The van der Waals surface area contributed by atoms with E-state index in [0.29, 0.717) is 17.9 Å². The highest BCUT2D eigenvalue weighted by molar-refractivity contribution is 5.93. The first-order valence-electron chi connectivity index (χ1n) is 9.18. The number of esters is 1. The Bertz CT molecular complexity index is 773. The smallest absolute Gasteiger partial charge is 0.338 e. The average molecular weight is 369 g/mol. The third-order valence-corrected chi connectivity index (χ3v) is 4.13. The predicted molar refractivity (Wildman–Crippen MR) is 106 cm³/mol. The highest BCUT2D eigenvalue weighted by Crippen LogP contribution is 2.22. The maximum Gasteiger partial charge on any atom is 0.338 e. The van der Waals surface area contributed by atoms with E-state index in [0.717, 1.165) is 35.2 Å². The third kappa shape index (κ3) is 6.13. The molecular formula is C22H27NO4. The zero-order valence-corrected chi connectivity index (χ0v) is 16.4. The Morgan fingerprint density at radius 3 is 2.22 bits per heavy atom. The molecular weight excluding hydrogens is 342 g/mol. The van der Waals surface area contributed by atoms with Crippen molar-refractivity contribution in [2.75, 3.05) is 18.5 Å². The molecule has 1 amide bonds. The fourth-order valence-corrected chi connectivity index (χ4v) is 2.78. The normalized spacial score (nSPS) is 10.4. The van der Waals surface area contributed by atoms with Gasteiger partial charge in [0, 0.05) is 5.69 Å². The van der Waals surface area contributed by atoms with Gasteiger partial charge in [-0.2, -0.15) is 0 Å². The first kappa shape index (κ1) is 20.5. The molecule has 0 fully saturated rings. The van der Waals surface area contributed by atoms with Gasteiger partial charge in [-0.15, -0.1) is 0 Å². The van der Waals surface area contributed by atoms with Gasteiger partial charge < -0.3 is 14.8 Å². The average Bonchev–Trinajstić information content (AvgIpc) is 2.63. The Kier molecular flexibility index (Phi) is 7.41. The summed E-state index contributed by atoms with van der Waals surface area (Å²) >= 11 is 0. The molecule has 0 aliphatic heterocycles. The molecule has 0 aromatic heterocycles. The molecule has 0 spiro atoms. The Hall–Kier alpha value is -2.82. The largest absolute Gasteiger partial charge is 0.484 e.